The molecule has 0 aliphatic rings. The lowest BCUT2D eigenvalue weighted by molar-refractivity contribution is -0.132. The molecule has 0 aliphatic heterocycles. The highest BCUT2D eigenvalue weighted by molar-refractivity contribution is 5.91. The lowest BCUT2D eigenvalue weighted by Gasteiger charge is -2.29. The molecule has 9 nitrogen and oxygen atoms in total. The highest BCUT2D eigenvalue weighted by Gasteiger charge is 2.30. The second kappa shape index (κ2) is 21.0. The van der Waals surface area contributed by atoms with Crippen molar-refractivity contribution in [1.82, 2.24) is 21.3 Å². The maximum absolute atomic E-state index is 14.5. The normalized spacial score (nSPS) is 13.9. The first-order chi connectivity index (χ1) is 25.9. The summed E-state index contributed by atoms with van der Waals surface area (Å²) in [7, 11) is 0. The predicted octanol–water partition coefficient (Wildman–Crippen LogP) is 6.41. The van der Waals surface area contributed by atoms with E-state index in [1.54, 1.807) is 12.2 Å². The zero-order chi connectivity index (χ0) is 39.0. The van der Waals surface area contributed by atoms with Crippen molar-refractivity contribution in [1.29, 1.82) is 0 Å². The van der Waals surface area contributed by atoms with Crippen LogP contribution in [0.2, 0.25) is 0 Å². The van der Waals surface area contributed by atoms with Crippen molar-refractivity contribution in [2.45, 2.75) is 91.3 Å². The molecule has 4 amide bonds. The summed E-state index contributed by atoms with van der Waals surface area (Å²) in [5, 5.41) is 27.2. The van der Waals surface area contributed by atoms with Crippen LogP contribution in [-0.4, -0.2) is 60.0 Å². The van der Waals surface area contributed by atoms with Crippen LogP contribution in [0.15, 0.2) is 97.1 Å². The average Bonchev–Trinajstić information content (AvgIpc) is 3.15. The topological polar surface area (TPSA) is 137 Å². The lowest BCUT2D eigenvalue weighted by Crippen LogP contribution is -2.54. The van der Waals surface area contributed by atoms with E-state index in [0.29, 0.717) is 31.7 Å². The van der Waals surface area contributed by atoms with E-state index in [1.807, 2.05) is 57.2 Å². The van der Waals surface area contributed by atoms with Crippen LogP contribution in [-0.2, 0) is 32.0 Å². The van der Waals surface area contributed by atoms with E-state index in [-0.39, 0.29) is 43.0 Å². The molecule has 0 fully saturated rings. The minimum absolute atomic E-state index is 0.115. The number of carbonyl (C=O) groups excluding carboxylic acids is 4. The number of fused-ring (bicyclic) bond motifs is 2. The van der Waals surface area contributed by atoms with Crippen molar-refractivity contribution in [3.63, 3.8) is 0 Å². The first-order valence-corrected chi connectivity index (χ1v) is 19.3. The van der Waals surface area contributed by atoms with Gasteiger partial charge in [0.2, 0.25) is 23.6 Å². The van der Waals surface area contributed by atoms with Crippen LogP contribution < -0.4 is 21.3 Å². The monoisotopic (exact) mass is 734 g/mol. The van der Waals surface area contributed by atoms with Gasteiger partial charge in [-0.15, -0.1) is 0 Å². The fraction of sp³-hybridized carbons (Fsp3) is 0.422. The molecule has 0 bridgehead atoms. The smallest absolute Gasteiger partial charge is 0.243 e. The zero-order valence-corrected chi connectivity index (χ0v) is 32.4. The van der Waals surface area contributed by atoms with Crippen molar-refractivity contribution >= 4 is 45.2 Å². The van der Waals surface area contributed by atoms with E-state index >= 15 is 0 Å². The van der Waals surface area contributed by atoms with Gasteiger partial charge in [-0.1, -0.05) is 131 Å². The maximum Gasteiger partial charge on any atom is 0.243 e. The Hall–Kier alpha value is -5.02. The van der Waals surface area contributed by atoms with Gasteiger partial charge >= 0.3 is 0 Å². The summed E-state index contributed by atoms with van der Waals surface area (Å²) in [6, 6.07) is 26.8. The summed E-state index contributed by atoms with van der Waals surface area (Å²) in [6.45, 7) is 10.3. The standard InChI is InChI=1S/C45H58N4O5/c1-6-31(4)29-47-43(52)28-42(51)41(25-30(2)3)49-45(54)40(23-11-12-24-46-32(5)50)48-44(53)37(26-35-19-13-17-33-15-7-9-21-38(33)35)27-36-20-14-18-34-16-8-10-22-39(34)36/h7-22,30-31,37,40-42,51H,6,23-29H2,1-5H3,(H,46,50)(H,47,52)(H,48,53)(H,49,54)/b12-11-/t31?,40-,41-,42-/m0/s1. The molecule has 1 unspecified atom stereocenters. The van der Waals surface area contributed by atoms with E-state index < -0.39 is 30.0 Å². The third kappa shape index (κ3) is 12.8. The molecule has 0 saturated heterocycles. The molecule has 54 heavy (non-hydrogen) atoms. The molecule has 0 spiro atoms. The second-order valence-electron chi connectivity index (χ2n) is 14.9. The van der Waals surface area contributed by atoms with Crippen LogP contribution in [0.3, 0.4) is 0 Å². The second-order valence-corrected chi connectivity index (χ2v) is 14.9. The minimum atomic E-state index is -1.12. The lowest BCUT2D eigenvalue weighted by atomic mass is 9.87. The number of amides is 4. The Balaban J connectivity index is 1.62. The van der Waals surface area contributed by atoms with Crippen molar-refractivity contribution < 1.29 is 24.3 Å². The molecule has 0 aromatic heterocycles. The Kier molecular flexibility index (Phi) is 16.2. The summed E-state index contributed by atoms with van der Waals surface area (Å²) in [4.78, 5) is 52.9. The van der Waals surface area contributed by atoms with Crippen molar-refractivity contribution in [2.24, 2.45) is 17.8 Å². The Morgan fingerprint density at radius 2 is 1.30 bits per heavy atom. The molecular formula is C45H58N4O5. The molecule has 9 heteroatoms. The molecule has 0 radical (unpaired) electrons. The van der Waals surface area contributed by atoms with Crippen molar-refractivity contribution in [3.8, 4) is 0 Å². The van der Waals surface area contributed by atoms with Gasteiger partial charge in [-0.05, 0) is 70.2 Å². The highest BCUT2D eigenvalue weighted by atomic mass is 16.3. The number of hydrogen-bond donors (Lipinski definition) is 5. The number of aliphatic hydroxyl groups excluding tert-OH is 1. The van der Waals surface area contributed by atoms with Gasteiger partial charge in [0.1, 0.15) is 6.04 Å². The molecule has 4 aromatic rings. The fourth-order valence-electron chi connectivity index (χ4n) is 6.71. The number of aliphatic hydroxyl groups is 1. The van der Waals surface area contributed by atoms with Crippen LogP contribution in [0, 0.1) is 17.8 Å². The summed E-state index contributed by atoms with van der Waals surface area (Å²) >= 11 is 0. The SMILES string of the molecule is CCC(C)CNC(=O)C[C@H](O)[C@H](CC(C)C)NC(=O)[C@H](C/C=C\CNC(C)=O)NC(=O)C(Cc1cccc2ccccc12)Cc1cccc2ccccc12. The fourth-order valence-corrected chi connectivity index (χ4v) is 6.71. The van der Waals surface area contributed by atoms with Crippen molar-refractivity contribution in [2.75, 3.05) is 13.1 Å². The average molecular weight is 735 g/mol. The molecule has 4 rings (SSSR count). The Morgan fingerprint density at radius 1 is 0.722 bits per heavy atom. The highest BCUT2D eigenvalue weighted by Crippen LogP contribution is 2.26. The Labute approximate surface area is 320 Å². The maximum atomic E-state index is 14.5. The van der Waals surface area contributed by atoms with Gasteiger partial charge in [0, 0.05) is 25.9 Å². The van der Waals surface area contributed by atoms with E-state index in [0.717, 1.165) is 39.1 Å². The number of hydrogen-bond acceptors (Lipinski definition) is 5. The molecule has 0 heterocycles. The van der Waals surface area contributed by atoms with Gasteiger partial charge in [-0.2, -0.15) is 0 Å². The third-order valence-corrected chi connectivity index (χ3v) is 9.96. The predicted molar refractivity (Wildman–Crippen MR) is 218 cm³/mol. The van der Waals surface area contributed by atoms with E-state index in [4.69, 9.17) is 0 Å². The van der Waals surface area contributed by atoms with Gasteiger partial charge in [0.05, 0.1) is 18.6 Å². The van der Waals surface area contributed by atoms with Crippen LogP contribution >= 0.6 is 0 Å². The molecular weight excluding hydrogens is 677 g/mol. The quantitative estimate of drug-likeness (QED) is 0.0670. The molecule has 0 aliphatic carbocycles. The Morgan fingerprint density at radius 3 is 1.85 bits per heavy atom. The number of benzene rings is 4. The first-order valence-electron chi connectivity index (χ1n) is 19.3. The van der Waals surface area contributed by atoms with Gasteiger partial charge in [0.25, 0.3) is 0 Å². The van der Waals surface area contributed by atoms with Gasteiger partial charge < -0.3 is 26.4 Å². The van der Waals surface area contributed by atoms with Crippen LogP contribution in [0.5, 0.6) is 0 Å². The molecule has 4 aromatic carbocycles. The molecule has 5 N–H and O–H groups in total. The number of rotatable bonds is 20. The zero-order valence-electron chi connectivity index (χ0n) is 32.4. The van der Waals surface area contributed by atoms with Crippen LogP contribution in [0.25, 0.3) is 21.5 Å². The molecule has 0 saturated carbocycles. The summed E-state index contributed by atoms with van der Waals surface area (Å²) in [5.74, 6) is -1.27. The minimum Gasteiger partial charge on any atom is -0.390 e. The summed E-state index contributed by atoms with van der Waals surface area (Å²) in [6.07, 6.45) is 4.66. The number of carbonyl (C=O) groups is 4. The van der Waals surface area contributed by atoms with Gasteiger partial charge in [-0.25, -0.2) is 0 Å². The van der Waals surface area contributed by atoms with Crippen molar-refractivity contribution in [3.05, 3.63) is 108 Å². The third-order valence-electron chi connectivity index (χ3n) is 9.96. The summed E-state index contributed by atoms with van der Waals surface area (Å²) in [5.41, 5.74) is 2.08. The Bertz CT molecular complexity index is 1800. The van der Waals surface area contributed by atoms with E-state index in [9.17, 15) is 24.3 Å². The largest absolute Gasteiger partial charge is 0.390 e. The van der Waals surface area contributed by atoms with E-state index in [2.05, 4.69) is 76.7 Å². The van der Waals surface area contributed by atoms with E-state index in [1.165, 1.54) is 6.92 Å². The molecule has 4 atom stereocenters. The number of nitrogens with one attached hydrogen (secondary N) is 4. The van der Waals surface area contributed by atoms with Gasteiger partial charge in [-0.3, -0.25) is 19.2 Å². The first kappa shape index (κ1) is 41.7. The molecule has 288 valence electrons. The van der Waals surface area contributed by atoms with Crippen LogP contribution in [0.1, 0.15) is 71.4 Å². The van der Waals surface area contributed by atoms with Gasteiger partial charge in [0.15, 0.2) is 0 Å². The van der Waals surface area contributed by atoms with Crippen LogP contribution in [0.4, 0.5) is 0 Å². The summed E-state index contributed by atoms with van der Waals surface area (Å²) < 4.78 is 0.